The minimum atomic E-state index is -0.398. The van der Waals surface area contributed by atoms with Gasteiger partial charge in [-0.05, 0) is 24.5 Å². The fourth-order valence-electron chi connectivity index (χ4n) is 4.09. The molecule has 0 saturated heterocycles. The second-order valence-electron chi connectivity index (χ2n) is 8.56. The minimum absolute atomic E-state index is 0.105. The molecule has 3 amide bonds. The second-order valence-corrected chi connectivity index (χ2v) is 8.56. The van der Waals surface area contributed by atoms with Crippen molar-refractivity contribution in [3.8, 4) is 0 Å². The number of rotatable bonds is 7. The summed E-state index contributed by atoms with van der Waals surface area (Å²) in [6, 6.07) is 20.8. The van der Waals surface area contributed by atoms with Gasteiger partial charge >= 0.3 is 0 Å². The lowest BCUT2D eigenvalue weighted by atomic mass is 10.1. The van der Waals surface area contributed by atoms with Crippen LogP contribution in [0.25, 0.3) is 0 Å². The number of carbonyl (C=O) groups excluding carboxylic acids is 3. The van der Waals surface area contributed by atoms with Crippen molar-refractivity contribution in [3.63, 3.8) is 0 Å². The van der Waals surface area contributed by atoms with Gasteiger partial charge in [0.2, 0.25) is 5.91 Å². The number of fused-ring (bicyclic) bond motifs is 1. The maximum atomic E-state index is 13.2. The van der Waals surface area contributed by atoms with Crippen LogP contribution in [-0.2, 0) is 17.9 Å². The Kier molecular flexibility index (Phi) is 7.06. The number of carbonyl (C=O) groups is 3. The van der Waals surface area contributed by atoms with Gasteiger partial charge in [-0.15, -0.1) is 0 Å². The molecule has 0 saturated carbocycles. The Hall–Kier alpha value is -3.94. The van der Waals surface area contributed by atoms with Gasteiger partial charge < -0.3 is 15.1 Å². The van der Waals surface area contributed by atoms with Crippen molar-refractivity contribution in [2.45, 2.75) is 32.5 Å². The van der Waals surface area contributed by atoms with Crippen LogP contribution in [0.15, 0.2) is 66.7 Å². The lowest BCUT2D eigenvalue weighted by Crippen LogP contribution is -2.39. The van der Waals surface area contributed by atoms with Crippen LogP contribution in [-0.4, -0.2) is 57.4 Å². The molecule has 1 aliphatic heterocycles. The third-order valence-corrected chi connectivity index (χ3v) is 5.92. The van der Waals surface area contributed by atoms with Gasteiger partial charge in [-0.25, -0.2) is 0 Å². The molecule has 1 N–H and O–H groups in total. The molecule has 0 fully saturated rings. The van der Waals surface area contributed by atoms with Crippen molar-refractivity contribution < 1.29 is 14.4 Å². The summed E-state index contributed by atoms with van der Waals surface area (Å²) < 4.78 is 1.60. The molecule has 176 valence electrons. The first-order valence-electron chi connectivity index (χ1n) is 11.4. The molecule has 1 aliphatic rings. The first-order valence-corrected chi connectivity index (χ1v) is 11.4. The van der Waals surface area contributed by atoms with Crippen molar-refractivity contribution in [3.05, 3.63) is 89.2 Å². The number of aryl methyl sites for hydroxylation is 1. The Morgan fingerprint density at radius 1 is 1.06 bits per heavy atom. The Morgan fingerprint density at radius 2 is 1.74 bits per heavy atom. The zero-order chi connectivity index (χ0) is 24.1. The summed E-state index contributed by atoms with van der Waals surface area (Å²) in [5.74, 6) is -0.812. The van der Waals surface area contributed by atoms with E-state index in [2.05, 4.69) is 10.4 Å². The average molecular weight is 460 g/mol. The molecule has 8 nitrogen and oxygen atoms in total. The molecule has 34 heavy (non-hydrogen) atoms. The molecule has 2 heterocycles. The van der Waals surface area contributed by atoms with Crippen LogP contribution in [0.1, 0.15) is 51.5 Å². The van der Waals surface area contributed by atoms with Crippen molar-refractivity contribution >= 4 is 17.7 Å². The molecule has 0 spiro atoms. The average Bonchev–Trinajstić information content (AvgIpc) is 3.21. The molecular weight excluding hydrogens is 430 g/mol. The summed E-state index contributed by atoms with van der Waals surface area (Å²) in [5, 5.41) is 7.29. The van der Waals surface area contributed by atoms with Crippen molar-refractivity contribution in [2.24, 2.45) is 0 Å². The summed E-state index contributed by atoms with van der Waals surface area (Å²) in [4.78, 5) is 41.7. The quantitative estimate of drug-likeness (QED) is 0.589. The van der Waals surface area contributed by atoms with Crippen LogP contribution in [0, 0.1) is 0 Å². The van der Waals surface area contributed by atoms with E-state index < -0.39 is 5.91 Å². The minimum Gasteiger partial charge on any atom is -0.348 e. The molecule has 8 heteroatoms. The van der Waals surface area contributed by atoms with E-state index in [1.54, 1.807) is 16.6 Å². The monoisotopic (exact) mass is 459 g/mol. The van der Waals surface area contributed by atoms with Crippen LogP contribution in [0.3, 0.4) is 0 Å². The van der Waals surface area contributed by atoms with Crippen molar-refractivity contribution in [1.82, 2.24) is 24.9 Å². The van der Waals surface area contributed by atoms with Crippen LogP contribution in [0.4, 0.5) is 0 Å². The fraction of sp³-hybridized carbons (Fsp3) is 0.308. The van der Waals surface area contributed by atoms with Crippen molar-refractivity contribution in [2.75, 3.05) is 20.1 Å². The lowest BCUT2D eigenvalue weighted by molar-refractivity contribution is -0.122. The van der Waals surface area contributed by atoms with Crippen molar-refractivity contribution in [1.29, 1.82) is 0 Å². The lowest BCUT2D eigenvalue weighted by Gasteiger charge is -2.20. The highest BCUT2D eigenvalue weighted by atomic mass is 16.2. The van der Waals surface area contributed by atoms with Crippen LogP contribution >= 0.6 is 0 Å². The van der Waals surface area contributed by atoms with E-state index in [-0.39, 0.29) is 30.1 Å². The highest BCUT2D eigenvalue weighted by Gasteiger charge is 2.27. The summed E-state index contributed by atoms with van der Waals surface area (Å²) in [6.45, 7) is 3.48. The number of amides is 3. The Labute approximate surface area is 199 Å². The zero-order valence-electron chi connectivity index (χ0n) is 19.5. The molecule has 4 rings (SSSR count). The molecule has 0 radical (unpaired) electrons. The number of benzene rings is 2. The number of hydrogen-bond donors (Lipinski definition) is 1. The Morgan fingerprint density at radius 3 is 2.44 bits per heavy atom. The summed E-state index contributed by atoms with van der Waals surface area (Å²) in [5.41, 5.74) is 2.60. The van der Waals surface area contributed by atoms with E-state index in [0.29, 0.717) is 25.3 Å². The number of likely N-dealkylation sites (N-methyl/N-ethyl adjacent to an activating group) is 1. The zero-order valence-corrected chi connectivity index (χ0v) is 19.5. The first kappa shape index (κ1) is 23.2. The number of aromatic nitrogens is 2. The predicted octanol–water partition coefficient (Wildman–Crippen LogP) is 2.88. The van der Waals surface area contributed by atoms with E-state index in [9.17, 15) is 14.4 Å². The molecule has 0 aliphatic carbocycles. The molecule has 1 aromatic heterocycles. The van der Waals surface area contributed by atoms with Gasteiger partial charge in [0, 0.05) is 32.7 Å². The topological polar surface area (TPSA) is 87.5 Å². The second kappa shape index (κ2) is 10.3. The molecule has 0 unspecified atom stereocenters. The van der Waals surface area contributed by atoms with Gasteiger partial charge in [0.05, 0.1) is 12.6 Å². The summed E-state index contributed by atoms with van der Waals surface area (Å²) in [7, 11) is 1.56. The van der Waals surface area contributed by atoms with Gasteiger partial charge in [-0.2, -0.15) is 5.10 Å². The van der Waals surface area contributed by atoms with Gasteiger partial charge in [0.15, 0.2) is 5.69 Å². The first-order chi connectivity index (χ1) is 16.4. The Bertz CT molecular complexity index is 1160. The van der Waals surface area contributed by atoms with Gasteiger partial charge in [0.1, 0.15) is 5.69 Å². The maximum Gasteiger partial charge on any atom is 0.274 e. The van der Waals surface area contributed by atoms with E-state index in [0.717, 1.165) is 17.5 Å². The van der Waals surface area contributed by atoms with E-state index >= 15 is 0 Å². The standard InChI is InChI=1S/C26H29N5O3/c1-19(21-12-7-4-8-13-21)27-24(32)18-29(2)25(33)22-16-23-26(34)30(14-9-15-31(23)28-22)17-20-10-5-3-6-11-20/h3-8,10-13,16,19H,9,14-15,17-18H2,1-2H3,(H,27,32)/t19-/m0/s1. The predicted molar refractivity (Wildman–Crippen MR) is 128 cm³/mol. The largest absolute Gasteiger partial charge is 0.348 e. The number of hydrogen-bond acceptors (Lipinski definition) is 4. The van der Waals surface area contributed by atoms with E-state index in [1.165, 1.54) is 11.0 Å². The Balaban J connectivity index is 1.40. The number of nitrogens with zero attached hydrogens (tertiary/aromatic N) is 4. The normalized spacial score (nSPS) is 14.2. The third-order valence-electron chi connectivity index (χ3n) is 5.92. The van der Waals surface area contributed by atoms with E-state index in [4.69, 9.17) is 0 Å². The third kappa shape index (κ3) is 5.33. The highest BCUT2D eigenvalue weighted by molar-refractivity contribution is 5.99. The number of nitrogens with one attached hydrogen (secondary N) is 1. The van der Waals surface area contributed by atoms with E-state index in [1.807, 2.05) is 67.6 Å². The summed E-state index contributed by atoms with van der Waals surface area (Å²) in [6.07, 6.45) is 0.747. The summed E-state index contributed by atoms with van der Waals surface area (Å²) >= 11 is 0. The fourth-order valence-corrected chi connectivity index (χ4v) is 4.09. The van der Waals surface area contributed by atoms with Crippen LogP contribution in [0.2, 0.25) is 0 Å². The van der Waals surface area contributed by atoms with Crippen LogP contribution in [0.5, 0.6) is 0 Å². The molecule has 1 atom stereocenters. The highest BCUT2D eigenvalue weighted by Crippen LogP contribution is 2.17. The SMILES string of the molecule is C[C@H](NC(=O)CN(C)C(=O)c1cc2n(n1)CCCN(Cc1ccccc1)C2=O)c1ccccc1. The molecular formula is C26H29N5O3. The van der Waals surface area contributed by atoms with Gasteiger partial charge in [0.25, 0.3) is 11.8 Å². The van der Waals surface area contributed by atoms with Crippen LogP contribution < -0.4 is 5.32 Å². The van der Waals surface area contributed by atoms with Gasteiger partial charge in [-0.3, -0.25) is 19.1 Å². The molecule has 2 aromatic carbocycles. The van der Waals surface area contributed by atoms with Gasteiger partial charge in [-0.1, -0.05) is 60.7 Å². The smallest absolute Gasteiger partial charge is 0.274 e. The maximum absolute atomic E-state index is 13.2. The molecule has 0 bridgehead atoms. The molecule has 3 aromatic rings.